The standard InChI is InChI=1S/C9H15NO3/c11-9(3-7-4-10-5-7)13-8-1-2-12-6-8/h7-8,10H,1-6H2. The molecule has 1 N–H and O–H groups in total. The number of nitrogens with one attached hydrogen (secondary N) is 1. The summed E-state index contributed by atoms with van der Waals surface area (Å²) in [7, 11) is 0. The quantitative estimate of drug-likeness (QED) is 0.625. The zero-order valence-electron chi connectivity index (χ0n) is 7.62. The summed E-state index contributed by atoms with van der Waals surface area (Å²) in [6.07, 6.45) is 1.43. The molecule has 0 amide bonds. The van der Waals surface area contributed by atoms with Crippen LogP contribution in [-0.4, -0.2) is 38.4 Å². The molecule has 0 aromatic rings. The van der Waals surface area contributed by atoms with Crippen molar-refractivity contribution in [3.8, 4) is 0 Å². The van der Waals surface area contributed by atoms with Crippen molar-refractivity contribution in [3.05, 3.63) is 0 Å². The van der Waals surface area contributed by atoms with Crippen molar-refractivity contribution in [1.29, 1.82) is 0 Å². The SMILES string of the molecule is O=C(CC1CNC1)OC1CCOC1. The Morgan fingerprint density at radius 2 is 2.38 bits per heavy atom. The van der Waals surface area contributed by atoms with E-state index in [1.807, 2.05) is 0 Å². The summed E-state index contributed by atoms with van der Waals surface area (Å²) in [5.74, 6) is 0.428. The summed E-state index contributed by atoms with van der Waals surface area (Å²) >= 11 is 0. The Labute approximate surface area is 77.6 Å². The van der Waals surface area contributed by atoms with E-state index in [1.54, 1.807) is 0 Å². The van der Waals surface area contributed by atoms with Crippen molar-refractivity contribution in [2.45, 2.75) is 18.9 Å². The van der Waals surface area contributed by atoms with Crippen LogP contribution in [0.5, 0.6) is 0 Å². The van der Waals surface area contributed by atoms with Gasteiger partial charge in [0.05, 0.1) is 19.6 Å². The number of rotatable bonds is 3. The molecule has 2 saturated heterocycles. The Bertz CT molecular complexity index is 185. The fourth-order valence-electron chi connectivity index (χ4n) is 1.57. The van der Waals surface area contributed by atoms with Crippen LogP contribution in [0.1, 0.15) is 12.8 Å². The lowest BCUT2D eigenvalue weighted by Crippen LogP contribution is -2.43. The molecule has 4 nitrogen and oxygen atoms in total. The van der Waals surface area contributed by atoms with Gasteiger partial charge >= 0.3 is 5.97 Å². The normalized spacial score (nSPS) is 28.5. The molecule has 0 saturated carbocycles. The largest absolute Gasteiger partial charge is 0.460 e. The highest BCUT2D eigenvalue weighted by Crippen LogP contribution is 2.13. The van der Waals surface area contributed by atoms with Crippen molar-refractivity contribution < 1.29 is 14.3 Å². The van der Waals surface area contributed by atoms with Crippen LogP contribution in [0.25, 0.3) is 0 Å². The Kier molecular flexibility index (Phi) is 2.80. The first kappa shape index (κ1) is 8.97. The van der Waals surface area contributed by atoms with Gasteiger partial charge in [0.1, 0.15) is 6.10 Å². The van der Waals surface area contributed by atoms with Gasteiger partial charge in [0.15, 0.2) is 0 Å². The topological polar surface area (TPSA) is 47.6 Å². The van der Waals surface area contributed by atoms with Crippen LogP contribution in [0.4, 0.5) is 0 Å². The average molecular weight is 185 g/mol. The van der Waals surface area contributed by atoms with Gasteiger partial charge in [-0.15, -0.1) is 0 Å². The molecule has 0 aliphatic carbocycles. The van der Waals surface area contributed by atoms with Gasteiger partial charge in [-0.05, 0) is 19.0 Å². The van der Waals surface area contributed by atoms with Crippen LogP contribution < -0.4 is 5.32 Å². The molecule has 4 heteroatoms. The molecule has 2 heterocycles. The molecule has 2 rings (SSSR count). The third kappa shape index (κ3) is 2.42. The second-order valence-corrected chi connectivity index (χ2v) is 3.70. The second-order valence-electron chi connectivity index (χ2n) is 3.70. The highest BCUT2D eigenvalue weighted by Gasteiger charge is 2.24. The molecule has 1 atom stereocenters. The van der Waals surface area contributed by atoms with Gasteiger partial charge in [-0.3, -0.25) is 4.79 Å². The molecule has 74 valence electrons. The van der Waals surface area contributed by atoms with E-state index in [0.29, 0.717) is 18.9 Å². The molecular weight excluding hydrogens is 170 g/mol. The highest BCUT2D eigenvalue weighted by atomic mass is 16.6. The minimum Gasteiger partial charge on any atom is -0.460 e. The minimum atomic E-state index is -0.0676. The van der Waals surface area contributed by atoms with E-state index < -0.39 is 0 Å². The molecule has 0 aromatic heterocycles. The summed E-state index contributed by atoms with van der Waals surface area (Å²) in [4.78, 5) is 11.3. The maximum Gasteiger partial charge on any atom is 0.306 e. The monoisotopic (exact) mass is 185 g/mol. The van der Waals surface area contributed by atoms with E-state index in [1.165, 1.54) is 0 Å². The number of hydrogen-bond acceptors (Lipinski definition) is 4. The fraction of sp³-hybridized carbons (Fsp3) is 0.889. The fourth-order valence-corrected chi connectivity index (χ4v) is 1.57. The van der Waals surface area contributed by atoms with Crippen LogP contribution >= 0.6 is 0 Å². The third-order valence-corrected chi connectivity index (χ3v) is 2.51. The number of hydrogen-bond donors (Lipinski definition) is 1. The van der Waals surface area contributed by atoms with Gasteiger partial charge in [0.25, 0.3) is 0 Å². The molecule has 0 aromatic carbocycles. The average Bonchev–Trinajstić information content (AvgIpc) is 2.49. The van der Waals surface area contributed by atoms with Crippen LogP contribution in [-0.2, 0) is 14.3 Å². The predicted molar refractivity (Wildman–Crippen MR) is 46.3 cm³/mol. The van der Waals surface area contributed by atoms with Crippen LogP contribution in [0.15, 0.2) is 0 Å². The van der Waals surface area contributed by atoms with E-state index in [-0.39, 0.29) is 12.1 Å². The van der Waals surface area contributed by atoms with Gasteiger partial charge in [-0.2, -0.15) is 0 Å². The third-order valence-electron chi connectivity index (χ3n) is 2.51. The minimum absolute atomic E-state index is 0.0144. The Hall–Kier alpha value is -0.610. The first-order valence-corrected chi connectivity index (χ1v) is 4.82. The molecule has 2 aliphatic rings. The van der Waals surface area contributed by atoms with E-state index in [0.717, 1.165) is 26.1 Å². The zero-order chi connectivity index (χ0) is 9.10. The van der Waals surface area contributed by atoms with Crippen LogP contribution in [0.2, 0.25) is 0 Å². The van der Waals surface area contributed by atoms with Gasteiger partial charge in [0, 0.05) is 6.42 Å². The first-order chi connectivity index (χ1) is 6.34. The van der Waals surface area contributed by atoms with Gasteiger partial charge < -0.3 is 14.8 Å². The maximum atomic E-state index is 11.3. The van der Waals surface area contributed by atoms with Crippen molar-refractivity contribution in [2.24, 2.45) is 5.92 Å². The van der Waals surface area contributed by atoms with Crippen molar-refractivity contribution >= 4 is 5.97 Å². The summed E-state index contributed by atoms with van der Waals surface area (Å²) in [6.45, 7) is 3.21. The van der Waals surface area contributed by atoms with E-state index >= 15 is 0 Å². The summed E-state index contributed by atoms with van der Waals surface area (Å²) in [5.41, 5.74) is 0. The van der Waals surface area contributed by atoms with Crippen molar-refractivity contribution in [2.75, 3.05) is 26.3 Å². The highest BCUT2D eigenvalue weighted by molar-refractivity contribution is 5.70. The zero-order valence-corrected chi connectivity index (χ0v) is 7.62. The van der Waals surface area contributed by atoms with Crippen molar-refractivity contribution in [1.82, 2.24) is 5.32 Å². The smallest absolute Gasteiger partial charge is 0.306 e. The summed E-state index contributed by atoms with van der Waals surface area (Å²) < 4.78 is 10.3. The van der Waals surface area contributed by atoms with Gasteiger partial charge in [-0.25, -0.2) is 0 Å². The Morgan fingerprint density at radius 1 is 1.54 bits per heavy atom. The molecule has 2 fully saturated rings. The lowest BCUT2D eigenvalue weighted by molar-refractivity contribution is -0.150. The number of carbonyl (C=O) groups is 1. The van der Waals surface area contributed by atoms with E-state index in [2.05, 4.69) is 5.32 Å². The lowest BCUT2D eigenvalue weighted by Gasteiger charge is -2.26. The van der Waals surface area contributed by atoms with Gasteiger partial charge in [0.2, 0.25) is 0 Å². The maximum absolute atomic E-state index is 11.3. The lowest BCUT2D eigenvalue weighted by atomic mass is 10.00. The van der Waals surface area contributed by atoms with Crippen LogP contribution in [0.3, 0.4) is 0 Å². The Balaban J connectivity index is 1.64. The van der Waals surface area contributed by atoms with Gasteiger partial charge in [-0.1, -0.05) is 0 Å². The number of ether oxygens (including phenoxy) is 2. The molecule has 0 bridgehead atoms. The van der Waals surface area contributed by atoms with Crippen molar-refractivity contribution in [3.63, 3.8) is 0 Å². The number of esters is 1. The predicted octanol–water partition coefficient (Wildman–Crippen LogP) is -0.0720. The molecule has 0 spiro atoms. The molecule has 2 aliphatic heterocycles. The first-order valence-electron chi connectivity index (χ1n) is 4.82. The molecule has 13 heavy (non-hydrogen) atoms. The van der Waals surface area contributed by atoms with E-state index in [9.17, 15) is 4.79 Å². The molecule has 0 radical (unpaired) electrons. The molecule has 1 unspecified atom stereocenters. The second kappa shape index (κ2) is 4.07. The summed E-state index contributed by atoms with van der Waals surface area (Å²) in [5, 5.41) is 3.13. The molecular formula is C9H15NO3. The summed E-state index contributed by atoms with van der Waals surface area (Å²) in [6, 6.07) is 0. The Morgan fingerprint density at radius 3 is 2.92 bits per heavy atom. The van der Waals surface area contributed by atoms with Crippen LogP contribution in [0, 0.1) is 5.92 Å². The number of carbonyl (C=O) groups excluding carboxylic acids is 1. The van der Waals surface area contributed by atoms with E-state index in [4.69, 9.17) is 9.47 Å².